The summed E-state index contributed by atoms with van der Waals surface area (Å²) in [5.41, 5.74) is 1.04. The minimum absolute atomic E-state index is 0.111. The summed E-state index contributed by atoms with van der Waals surface area (Å²) in [6, 6.07) is 8.27. The number of aromatic nitrogens is 2. The van der Waals surface area contributed by atoms with Gasteiger partial charge in [-0.2, -0.15) is 0 Å². The van der Waals surface area contributed by atoms with Crippen LogP contribution in [0.3, 0.4) is 0 Å². The van der Waals surface area contributed by atoms with E-state index in [4.69, 9.17) is 0 Å². The van der Waals surface area contributed by atoms with Gasteiger partial charge in [-0.1, -0.05) is 23.9 Å². The number of rotatable bonds is 3. The maximum atomic E-state index is 12.7. The molecule has 0 aliphatic carbocycles. The minimum Gasteiger partial charge on any atom is -0.324 e. The molecule has 0 bridgehead atoms. The summed E-state index contributed by atoms with van der Waals surface area (Å²) < 4.78 is 0. The highest BCUT2D eigenvalue weighted by molar-refractivity contribution is 7.99. The number of hydrogen-bond donors (Lipinski definition) is 2. The first-order valence-electron chi connectivity index (χ1n) is 7.43. The number of amides is 2. The van der Waals surface area contributed by atoms with E-state index in [0.29, 0.717) is 16.5 Å². The number of H-pyrrole nitrogens is 1. The van der Waals surface area contributed by atoms with Gasteiger partial charge in [0.2, 0.25) is 11.8 Å². The van der Waals surface area contributed by atoms with E-state index < -0.39 is 0 Å². The van der Waals surface area contributed by atoms with Crippen LogP contribution in [0.4, 0.5) is 11.4 Å². The van der Waals surface area contributed by atoms with Gasteiger partial charge in [-0.25, -0.2) is 4.98 Å². The molecule has 2 amide bonds. The van der Waals surface area contributed by atoms with Crippen LogP contribution in [0.2, 0.25) is 0 Å². The topological polar surface area (TPSA) is 95.2 Å². The van der Waals surface area contributed by atoms with Crippen molar-refractivity contribution in [1.82, 2.24) is 9.97 Å². The maximum absolute atomic E-state index is 12.7. The van der Waals surface area contributed by atoms with Gasteiger partial charge >= 0.3 is 0 Å². The van der Waals surface area contributed by atoms with E-state index in [2.05, 4.69) is 15.3 Å². The molecular weight excluding hydrogens is 328 g/mol. The third kappa shape index (κ3) is 3.48. The van der Waals surface area contributed by atoms with Crippen molar-refractivity contribution in [3.8, 4) is 0 Å². The number of nitrogens with one attached hydrogen (secondary N) is 2. The number of fused-ring (bicyclic) bond motifs is 1. The van der Waals surface area contributed by atoms with Gasteiger partial charge in [0.25, 0.3) is 5.56 Å². The number of benzene rings is 1. The van der Waals surface area contributed by atoms with Crippen LogP contribution in [0.5, 0.6) is 0 Å². The average molecular weight is 344 g/mol. The second kappa shape index (κ2) is 6.88. The lowest BCUT2D eigenvalue weighted by Crippen LogP contribution is -2.40. The maximum Gasteiger partial charge on any atom is 0.251 e. The highest BCUT2D eigenvalue weighted by Crippen LogP contribution is 2.31. The molecule has 1 aliphatic heterocycles. The molecule has 24 heavy (non-hydrogen) atoms. The Balaban J connectivity index is 1.82. The Morgan fingerprint density at radius 1 is 1.33 bits per heavy atom. The fourth-order valence-electron chi connectivity index (χ4n) is 2.59. The molecule has 3 rings (SSSR count). The number of thioether (sulfide) groups is 1. The van der Waals surface area contributed by atoms with Crippen molar-refractivity contribution < 1.29 is 9.59 Å². The number of carbonyl (C=O) groups is 2. The van der Waals surface area contributed by atoms with Crippen molar-refractivity contribution in [2.75, 3.05) is 16.0 Å². The molecule has 2 N–H and O–H groups in total. The largest absolute Gasteiger partial charge is 0.324 e. The molecule has 0 saturated carbocycles. The van der Waals surface area contributed by atoms with Crippen LogP contribution in [-0.4, -0.2) is 33.6 Å². The van der Waals surface area contributed by atoms with Gasteiger partial charge in [-0.3, -0.25) is 14.4 Å². The molecule has 1 aromatic heterocycles. The van der Waals surface area contributed by atoms with Crippen molar-refractivity contribution in [3.63, 3.8) is 0 Å². The van der Waals surface area contributed by atoms with Crippen LogP contribution in [0.15, 0.2) is 46.5 Å². The number of aromatic amines is 1. The Labute approximate surface area is 142 Å². The highest BCUT2D eigenvalue weighted by atomic mass is 32.2. The predicted octanol–water partition coefficient (Wildman–Crippen LogP) is 1.63. The number of nitrogens with zero attached hydrogens (tertiary/aromatic N) is 2. The van der Waals surface area contributed by atoms with E-state index in [0.717, 1.165) is 11.8 Å². The van der Waals surface area contributed by atoms with Crippen LogP contribution in [0.25, 0.3) is 0 Å². The first kappa shape index (κ1) is 16.3. The van der Waals surface area contributed by atoms with Gasteiger partial charge in [-0.15, -0.1) is 0 Å². The van der Waals surface area contributed by atoms with Crippen LogP contribution < -0.4 is 15.8 Å². The smallest absolute Gasteiger partial charge is 0.251 e. The summed E-state index contributed by atoms with van der Waals surface area (Å²) in [6.45, 7) is 1.84. The summed E-state index contributed by atoms with van der Waals surface area (Å²) in [5, 5.41) is 3.21. The standard InChI is InChI=1S/C16H16N4O3S/c1-10-8-14(22)18-11-4-2-3-5-12(11)20(10)15(23)9-24-16-17-7-6-13(21)19-16/h2-7,10H,8-9H2,1H3,(H,18,22)(H,17,19,21)/t10-/m1/s1. The molecule has 7 nitrogen and oxygen atoms in total. The molecule has 0 saturated heterocycles. The molecule has 0 unspecified atom stereocenters. The van der Waals surface area contributed by atoms with Gasteiger partial charge < -0.3 is 15.2 Å². The predicted molar refractivity (Wildman–Crippen MR) is 92.2 cm³/mol. The van der Waals surface area contributed by atoms with E-state index in [1.165, 1.54) is 12.3 Å². The Kier molecular flexibility index (Phi) is 4.66. The molecule has 2 aromatic rings. The zero-order valence-corrected chi connectivity index (χ0v) is 13.8. The summed E-state index contributed by atoms with van der Waals surface area (Å²) in [4.78, 5) is 44.2. The zero-order chi connectivity index (χ0) is 17.1. The first-order chi connectivity index (χ1) is 11.5. The molecule has 124 valence electrons. The fourth-order valence-corrected chi connectivity index (χ4v) is 3.30. The summed E-state index contributed by atoms with van der Waals surface area (Å²) in [6.07, 6.45) is 1.63. The van der Waals surface area contributed by atoms with Crippen molar-refractivity contribution >= 4 is 35.0 Å². The number of anilines is 2. The quantitative estimate of drug-likeness (QED) is 0.652. The molecular formula is C16H16N4O3S. The first-order valence-corrected chi connectivity index (χ1v) is 8.42. The van der Waals surface area contributed by atoms with Gasteiger partial charge in [0, 0.05) is 24.7 Å². The van der Waals surface area contributed by atoms with E-state index in [1.807, 2.05) is 25.1 Å². The fraction of sp³-hybridized carbons (Fsp3) is 0.250. The lowest BCUT2D eigenvalue weighted by Gasteiger charge is -2.27. The Morgan fingerprint density at radius 3 is 2.92 bits per heavy atom. The molecule has 1 atom stereocenters. The monoisotopic (exact) mass is 344 g/mol. The van der Waals surface area contributed by atoms with E-state index in [1.54, 1.807) is 11.0 Å². The van der Waals surface area contributed by atoms with Crippen molar-refractivity contribution in [2.24, 2.45) is 0 Å². The lowest BCUT2D eigenvalue weighted by molar-refractivity contribution is -0.117. The molecule has 0 fully saturated rings. The zero-order valence-electron chi connectivity index (χ0n) is 13.0. The highest BCUT2D eigenvalue weighted by Gasteiger charge is 2.29. The molecule has 8 heteroatoms. The minimum atomic E-state index is -0.261. The van der Waals surface area contributed by atoms with Crippen molar-refractivity contribution in [3.05, 3.63) is 46.9 Å². The van der Waals surface area contributed by atoms with Crippen molar-refractivity contribution in [2.45, 2.75) is 24.5 Å². The van der Waals surface area contributed by atoms with Crippen molar-refractivity contribution in [1.29, 1.82) is 0 Å². The third-order valence-corrected chi connectivity index (χ3v) is 4.48. The van der Waals surface area contributed by atoms with Gasteiger partial charge in [0.1, 0.15) is 0 Å². The van der Waals surface area contributed by atoms with Crippen LogP contribution >= 0.6 is 11.8 Å². The number of para-hydroxylation sites is 2. The summed E-state index contributed by atoms with van der Waals surface area (Å²) in [5.74, 6) is -0.158. The SMILES string of the molecule is C[C@@H]1CC(=O)Nc2ccccc2N1C(=O)CSc1nccc(=O)[nH]1. The second-order valence-corrected chi connectivity index (χ2v) is 6.37. The number of hydrogen-bond acceptors (Lipinski definition) is 5. The lowest BCUT2D eigenvalue weighted by atomic mass is 10.2. The molecule has 2 heterocycles. The third-order valence-electron chi connectivity index (χ3n) is 3.61. The molecule has 1 aliphatic rings. The van der Waals surface area contributed by atoms with Gasteiger partial charge in [0.15, 0.2) is 5.16 Å². The van der Waals surface area contributed by atoms with E-state index in [9.17, 15) is 14.4 Å². The van der Waals surface area contributed by atoms with E-state index in [-0.39, 0.29) is 35.6 Å². The normalized spacial score (nSPS) is 17.0. The average Bonchev–Trinajstić information content (AvgIpc) is 2.67. The molecule has 1 aromatic carbocycles. The molecule has 0 radical (unpaired) electrons. The van der Waals surface area contributed by atoms with Gasteiger partial charge in [0.05, 0.1) is 17.1 Å². The Bertz CT molecular complexity index is 836. The van der Waals surface area contributed by atoms with Crippen LogP contribution in [0, 0.1) is 0 Å². The van der Waals surface area contributed by atoms with Crippen LogP contribution in [-0.2, 0) is 9.59 Å². The summed E-state index contributed by atoms with van der Waals surface area (Å²) >= 11 is 1.16. The van der Waals surface area contributed by atoms with E-state index >= 15 is 0 Å². The second-order valence-electron chi connectivity index (χ2n) is 5.41. The van der Waals surface area contributed by atoms with Crippen LogP contribution in [0.1, 0.15) is 13.3 Å². The molecule has 0 spiro atoms. The summed E-state index contributed by atoms with van der Waals surface area (Å²) in [7, 11) is 0. The Hall–Kier alpha value is -2.61. The number of carbonyl (C=O) groups excluding carboxylic acids is 2. The van der Waals surface area contributed by atoms with Gasteiger partial charge in [-0.05, 0) is 19.1 Å². The Morgan fingerprint density at radius 2 is 2.12 bits per heavy atom.